The molecule has 0 saturated heterocycles. The fraction of sp³-hybridized carbons (Fsp3) is 0.333. The fourth-order valence-corrected chi connectivity index (χ4v) is 2.82. The van der Waals surface area contributed by atoms with E-state index in [1.165, 1.54) is 5.56 Å². The van der Waals surface area contributed by atoms with Crippen LogP contribution in [0.3, 0.4) is 0 Å². The molecule has 2 heterocycles. The average molecular weight is 391 g/mol. The lowest BCUT2D eigenvalue weighted by Crippen LogP contribution is -2.40. The topological polar surface area (TPSA) is 51.7 Å². The molecule has 0 radical (unpaired) electrons. The highest BCUT2D eigenvalue weighted by atomic mass is 79.9. The van der Waals surface area contributed by atoms with E-state index in [0.29, 0.717) is 29.3 Å². The Kier molecular flexibility index (Phi) is 5.35. The van der Waals surface area contributed by atoms with E-state index in [-0.39, 0.29) is 12.5 Å². The normalized spacial score (nSPS) is 13.4. The number of benzene rings is 1. The minimum Gasteiger partial charge on any atom is -0.494 e. The van der Waals surface area contributed by atoms with E-state index >= 15 is 0 Å². The first-order valence-corrected chi connectivity index (χ1v) is 8.78. The number of ether oxygens (including phenoxy) is 2. The Labute approximate surface area is 149 Å². The van der Waals surface area contributed by atoms with Crippen LogP contribution in [-0.2, 0) is 11.2 Å². The fourth-order valence-electron chi connectivity index (χ4n) is 2.52. The molecule has 0 bridgehead atoms. The van der Waals surface area contributed by atoms with Crippen LogP contribution in [0.25, 0.3) is 0 Å². The summed E-state index contributed by atoms with van der Waals surface area (Å²) in [6.07, 6.45) is 1.73. The number of hydrogen-bond donors (Lipinski definition) is 0. The first-order valence-electron chi connectivity index (χ1n) is 7.99. The van der Waals surface area contributed by atoms with Crippen LogP contribution in [0.2, 0.25) is 0 Å². The molecule has 0 saturated carbocycles. The molecule has 3 rings (SSSR count). The molecule has 0 fully saturated rings. The van der Waals surface area contributed by atoms with E-state index in [4.69, 9.17) is 9.47 Å². The molecule has 126 valence electrons. The first kappa shape index (κ1) is 16.8. The predicted octanol–water partition coefficient (Wildman–Crippen LogP) is 3.60. The molecule has 6 heteroatoms. The van der Waals surface area contributed by atoms with Crippen LogP contribution in [-0.4, -0.2) is 30.6 Å². The summed E-state index contributed by atoms with van der Waals surface area (Å²) in [7, 11) is 0. The Hall–Kier alpha value is -2.08. The van der Waals surface area contributed by atoms with E-state index in [9.17, 15) is 4.79 Å². The Balaban J connectivity index is 1.56. The molecule has 0 N–H and O–H groups in total. The Morgan fingerprint density at radius 1 is 1.25 bits per heavy atom. The van der Waals surface area contributed by atoms with Crippen LogP contribution in [0.15, 0.2) is 41.0 Å². The first-order chi connectivity index (χ1) is 11.7. The molecule has 1 amide bonds. The lowest BCUT2D eigenvalue weighted by atomic mass is 10.2. The highest BCUT2D eigenvalue weighted by Crippen LogP contribution is 2.31. The molecule has 0 spiro atoms. The van der Waals surface area contributed by atoms with Gasteiger partial charge in [0.25, 0.3) is 5.91 Å². The Morgan fingerprint density at radius 2 is 2.04 bits per heavy atom. The van der Waals surface area contributed by atoms with Crippen molar-refractivity contribution in [3.8, 4) is 11.5 Å². The monoisotopic (exact) mass is 390 g/mol. The van der Waals surface area contributed by atoms with Gasteiger partial charge in [-0.05, 0) is 58.6 Å². The van der Waals surface area contributed by atoms with Crippen molar-refractivity contribution in [2.24, 2.45) is 0 Å². The van der Waals surface area contributed by atoms with Gasteiger partial charge in [-0.1, -0.05) is 19.1 Å². The Bertz CT molecular complexity index is 719. The predicted molar refractivity (Wildman–Crippen MR) is 95.7 cm³/mol. The zero-order chi connectivity index (χ0) is 16.9. The third-order valence-electron chi connectivity index (χ3n) is 3.84. The summed E-state index contributed by atoms with van der Waals surface area (Å²) in [5.74, 6) is 1.96. The lowest BCUT2D eigenvalue weighted by Gasteiger charge is -2.28. The van der Waals surface area contributed by atoms with Crippen LogP contribution in [0.4, 0.5) is 5.82 Å². The average Bonchev–Trinajstić information content (AvgIpc) is 2.60. The van der Waals surface area contributed by atoms with Crippen molar-refractivity contribution in [1.29, 1.82) is 0 Å². The number of carbonyl (C=O) groups excluding carboxylic acids is 1. The Morgan fingerprint density at radius 3 is 2.79 bits per heavy atom. The summed E-state index contributed by atoms with van der Waals surface area (Å²) in [4.78, 5) is 18.1. The second-order valence-corrected chi connectivity index (χ2v) is 6.30. The second kappa shape index (κ2) is 7.66. The number of anilines is 1. The molecule has 2 aromatic rings. The van der Waals surface area contributed by atoms with Crippen molar-refractivity contribution in [3.63, 3.8) is 0 Å². The maximum atomic E-state index is 12.1. The summed E-state index contributed by atoms with van der Waals surface area (Å²) in [6.45, 7) is 3.26. The number of pyridine rings is 1. The lowest BCUT2D eigenvalue weighted by molar-refractivity contribution is -0.121. The van der Waals surface area contributed by atoms with Gasteiger partial charge in [0.1, 0.15) is 10.4 Å². The molecule has 1 aliphatic rings. The van der Waals surface area contributed by atoms with Crippen molar-refractivity contribution in [2.75, 3.05) is 24.7 Å². The number of aryl methyl sites for hydroxylation is 1. The molecule has 0 atom stereocenters. The molecule has 1 aromatic carbocycles. The van der Waals surface area contributed by atoms with Crippen molar-refractivity contribution in [3.05, 3.63) is 46.6 Å². The maximum absolute atomic E-state index is 12.1. The van der Waals surface area contributed by atoms with Gasteiger partial charge in [-0.25, -0.2) is 4.98 Å². The van der Waals surface area contributed by atoms with Crippen LogP contribution in [0, 0.1) is 0 Å². The number of fused-ring (bicyclic) bond motifs is 1. The summed E-state index contributed by atoms with van der Waals surface area (Å²) in [5, 5.41) is 0. The number of halogens is 1. The smallest absolute Gasteiger partial charge is 0.266 e. The third kappa shape index (κ3) is 3.87. The molecule has 0 unspecified atom stereocenters. The largest absolute Gasteiger partial charge is 0.494 e. The highest BCUT2D eigenvalue weighted by molar-refractivity contribution is 9.10. The van der Waals surface area contributed by atoms with Crippen molar-refractivity contribution >= 4 is 27.7 Å². The minimum absolute atomic E-state index is 0.0512. The summed E-state index contributed by atoms with van der Waals surface area (Å²) in [6, 6.07) is 11.7. The summed E-state index contributed by atoms with van der Waals surface area (Å²) >= 11 is 3.33. The van der Waals surface area contributed by atoms with Gasteiger partial charge in [-0.3, -0.25) is 9.69 Å². The SMILES string of the molecule is CCc1ccc(OCCCN2C(=O)COc3ccc(Br)nc32)cc1. The molecule has 24 heavy (non-hydrogen) atoms. The van der Waals surface area contributed by atoms with Gasteiger partial charge in [0.15, 0.2) is 18.2 Å². The van der Waals surface area contributed by atoms with Crippen molar-refractivity contribution < 1.29 is 14.3 Å². The van der Waals surface area contributed by atoms with Gasteiger partial charge in [0, 0.05) is 6.54 Å². The number of nitrogens with zero attached hydrogens (tertiary/aromatic N) is 2. The van der Waals surface area contributed by atoms with Crippen LogP contribution < -0.4 is 14.4 Å². The number of hydrogen-bond acceptors (Lipinski definition) is 4. The molecule has 1 aliphatic heterocycles. The van der Waals surface area contributed by atoms with Crippen LogP contribution in [0.1, 0.15) is 18.9 Å². The van der Waals surface area contributed by atoms with E-state index in [1.54, 1.807) is 11.0 Å². The van der Waals surface area contributed by atoms with Gasteiger partial charge >= 0.3 is 0 Å². The zero-order valence-corrected chi connectivity index (χ0v) is 15.1. The van der Waals surface area contributed by atoms with Crippen molar-refractivity contribution in [1.82, 2.24) is 4.98 Å². The van der Waals surface area contributed by atoms with E-state index in [0.717, 1.165) is 18.6 Å². The van der Waals surface area contributed by atoms with E-state index in [1.807, 2.05) is 18.2 Å². The van der Waals surface area contributed by atoms with Gasteiger partial charge in [0.05, 0.1) is 6.61 Å². The molecule has 0 aliphatic carbocycles. The number of carbonyl (C=O) groups is 1. The zero-order valence-electron chi connectivity index (χ0n) is 13.5. The van der Waals surface area contributed by atoms with Gasteiger partial charge in [-0.2, -0.15) is 0 Å². The van der Waals surface area contributed by atoms with Crippen molar-refractivity contribution in [2.45, 2.75) is 19.8 Å². The molecular formula is C18H19BrN2O3. The molecule has 1 aromatic heterocycles. The second-order valence-electron chi connectivity index (χ2n) is 5.49. The summed E-state index contributed by atoms with van der Waals surface area (Å²) in [5.41, 5.74) is 1.29. The summed E-state index contributed by atoms with van der Waals surface area (Å²) < 4.78 is 11.8. The maximum Gasteiger partial charge on any atom is 0.266 e. The van der Waals surface area contributed by atoms with Gasteiger partial charge < -0.3 is 9.47 Å². The van der Waals surface area contributed by atoms with Crippen LogP contribution >= 0.6 is 15.9 Å². The van der Waals surface area contributed by atoms with Gasteiger partial charge in [-0.15, -0.1) is 0 Å². The van der Waals surface area contributed by atoms with Crippen LogP contribution in [0.5, 0.6) is 11.5 Å². The third-order valence-corrected chi connectivity index (χ3v) is 4.28. The standard InChI is InChI=1S/C18H19BrN2O3/c1-2-13-4-6-14(7-5-13)23-11-3-10-21-17(22)12-24-15-8-9-16(19)20-18(15)21/h4-9H,2-3,10-12H2,1H3. The highest BCUT2D eigenvalue weighted by Gasteiger charge is 2.26. The number of amides is 1. The minimum atomic E-state index is -0.0830. The number of rotatable bonds is 6. The number of aromatic nitrogens is 1. The van der Waals surface area contributed by atoms with E-state index < -0.39 is 0 Å². The van der Waals surface area contributed by atoms with Gasteiger partial charge in [0.2, 0.25) is 0 Å². The molecule has 5 nitrogen and oxygen atoms in total. The molecular weight excluding hydrogens is 372 g/mol. The quantitative estimate of drug-likeness (QED) is 0.558. The van der Waals surface area contributed by atoms with E-state index in [2.05, 4.69) is 40.0 Å².